The Hall–Kier alpha value is -4.71. The maximum Gasteiger partial charge on any atom is 0.409 e. The van der Waals surface area contributed by atoms with Crippen molar-refractivity contribution in [3.05, 3.63) is 106 Å². The number of alkyl halides is 2. The van der Waals surface area contributed by atoms with Crippen molar-refractivity contribution in [2.75, 3.05) is 39.6 Å². The number of aliphatic imine (C=N–C) groups is 1. The molecule has 4 aromatic rings. The average molecular weight is 1150 g/mol. The van der Waals surface area contributed by atoms with Gasteiger partial charge in [-0.05, 0) is 62.2 Å². The van der Waals surface area contributed by atoms with Gasteiger partial charge in [-0.25, -0.2) is 38.1 Å². The summed E-state index contributed by atoms with van der Waals surface area (Å²) in [5, 5.41) is 44.5. The minimum Gasteiger partial charge on any atom is -0.422 e. The number of halogens is 3. The van der Waals surface area contributed by atoms with Crippen molar-refractivity contribution >= 4 is 68.4 Å². The van der Waals surface area contributed by atoms with Crippen LogP contribution in [0.2, 0.25) is 0 Å². The summed E-state index contributed by atoms with van der Waals surface area (Å²) in [6.45, 7) is 5.41. The Bertz CT molecular complexity index is 2800. The third kappa shape index (κ3) is 17.4. The normalized spacial score (nSPS) is 25.8. The van der Waals surface area contributed by atoms with Crippen LogP contribution in [0.5, 0.6) is 5.75 Å². The van der Waals surface area contributed by atoms with Crippen molar-refractivity contribution < 1.29 is 66.4 Å². The van der Waals surface area contributed by atoms with Crippen LogP contribution in [0.15, 0.2) is 99.8 Å². The smallest absolute Gasteiger partial charge is 0.409 e. The third-order valence-electron chi connectivity index (χ3n) is 11.5. The molecule has 29 heteroatoms. The monoisotopic (exact) mass is 1150 g/mol. The summed E-state index contributed by atoms with van der Waals surface area (Å²) in [5.74, 6) is -0.546. The standard InChI is InChI=1S/C22H31FN4O6P2.C13H19FN4O4.C12H17ClNO4P/c1-13(2)18(14(3)28)26-35(31,34-15-8-6-5-7-9-15)32-12-16-19(29)22(4,23)20(33-16)27-11-10-17(24)25-21(27)30;1-13(14)10(20)8(6-19)22-11(13)18-5-4-9(16-12(18)21)15-7-17(2)3;1-9(2)12(11(16)8-15)14-19(13,17)18-10-6-4-3-5-7-10/h5-11,13,16,18-20,29,34H,12H2,1-4H3,(H,26,31)(H2,24,25,30);4-5,7-8,10-11,19-20H,6H2,1-3H3;3-7,9,12,15H,8H2,1-2H3,(H,14,17)/t16-,18+,19-,20-,22-,35?;8-,10-,11-,13-;12-,19?/m110/s1. The predicted molar refractivity (Wildman–Crippen MR) is 284 cm³/mol. The number of hydrogen-bond acceptors (Lipinski definition) is 18. The number of carbonyl (C=O) groups is 2. The quantitative estimate of drug-likeness (QED) is 0.0350. The number of hydrogen-bond donors (Lipinski definition) is 7. The fourth-order valence-electron chi connectivity index (χ4n) is 7.50. The number of aliphatic hydroxyl groups is 4. The van der Waals surface area contributed by atoms with Gasteiger partial charge in [0.2, 0.25) is 0 Å². The first-order valence-corrected chi connectivity index (χ1v) is 29.6. The van der Waals surface area contributed by atoms with Crippen LogP contribution in [0.1, 0.15) is 60.9 Å². The molecule has 2 aromatic carbocycles. The topological polar surface area (TPSA) is 322 Å². The van der Waals surface area contributed by atoms with Crippen molar-refractivity contribution in [3.63, 3.8) is 0 Å². The van der Waals surface area contributed by atoms with Crippen molar-refractivity contribution in [1.82, 2.24) is 34.2 Å². The van der Waals surface area contributed by atoms with Crippen LogP contribution >= 0.6 is 33.6 Å². The molecule has 2 aromatic heterocycles. The lowest BCUT2D eigenvalue weighted by atomic mass is 9.98. The van der Waals surface area contributed by atoms with Crippen LogP contribution in [0, 0.1) is 11.8 Å². The van der Waals surface area contributed by atoms with E-state index in [-0.39, 0.29) is 37.5 Å². The Morgan fingerprint density at radius 1 is 0.868 bits per heavy atom. The molecule has 0 spiro atoms. The number of nitrogens with one attached hydrogen (secondary N) is 2. The molecule has 0 bridgehead atoms. The molecule has 2 aliphatic rings. The number of aliphatic hydroxyl groups excluding tert-OH is 4. The number of Topliss-reactive ketones (excluding diaryl/α,β-unsaturated/α-hetero) is 2. The maximum atomic E-state index is 15.5. The van der Waals surface area contributed by atoms with Gasteiger partial charge in [0.15, 0.2) is 35.4 Å². The van der Waals surface area contributed by atoms with E-state index in [0.29, 0.717) is 5.75 Å². The second kappa shape index (κ2) is 27.7. The van der Waals surface area contributed by atoms with Crippen molar-refractivity contribution in [1.29, 1.82) is 0 Å². The lowest BCUT2D eigenvalue weighted by Crippen LogP contribution is -2.43. The van der Waals surface area contributed by atoms with Crippen molar-refractivity contribution in [2.45, 2.75) is 109 Å². The molecular formula is C47H67ClF2N9O14P3. The predicted octanol–water partition coefficient (Wildman–Crippen LogP) is 4.18. The zero-order chi connectivity index (χ0) is 56.9. The van der Waals surface area contributed by atoms with Gasteiger partial charge >= 0.3 is 18.3 Å². The number of carbonyl (C=O) groups excluding carboxylic acids is 2. The molecule has 2 aliphatic heterocycles. The third-order valence-corrected chi connectivity index (χ3v) is 17.5. The van der Waals surface area contributed by atoms with E-state index >= 15 is 4.39 Å². The van der Waals surface area contributed by atoms with E-state index in [2.05, 4.69) is 25.1 Å². The number of anilines is 1. The number of nitrogens with two attached hydrogens (primary N) is 1. The summed E-state index contributed by atoms with van der Waals surface area (Å²) in [4.78, 5) is 60.9. The number of para-hydroxylation sites is 1. The van der Waals surface area contributed by atoms with Crippen molar-refractivity contribution in [2.24, 2.45) is 16.8 Å². The first-order chi connectivity index (χ1) is 35.5. The SMILES string of the molecule is CC(=O)[C@@H](NP(=O)(OC[C@H]1O[C@@H](n2ccc(N)nc2=O)[C@](C)(F)[C@@H]1O)Pc1ccccc1)C(C)C.CC(C)[C@H](NP(=O)(Cl)Oc1ccccc1)C(=O)CO.CN(C)C=Nc1ccn([C@@H]2O[C@H](CO)[C@@H](O)[C@@]2(C)F)c(=O)n1. The van der Waals surface area contributed by atoms with Gasteiger partial charge in [-0.1, -0.05) is 76.2 Å². The highest BCUT2D eigenvalue weighted by Crippen LogP contribution is 2.61. The molecule has 6 rings (SSSR count). The van der Waals surface area contributed by atoms with Gasteiger partial charge in [0.25, 0.3) is 7.21 Å². The van der Waals surface area contributed by atoms with Gasteiger partial charge in [-0.3, -0.25) is 23.3 Å². The summed E-state index contributed by atoms with van der Waals surface area (Å²) in [5.41, 5.74) is -0.707. The summed E-state index contributed by atoms with van der Waals surface area (Å²) in [7, 11) is -0.505. The number of nitrogens with zero attached hydrogens (tertiary/aromatic N) is 6. The van der Waals surface area contributed by atoms with E-state index in [1.165, 1.54) is 37.8 Å². The summed E-state index contributed by atoms with van der Waals surface area (Å²) < 4.78 is 79.8. The van der Waals surface area contributed by atoms with Gasteiger partial charge < -0.3 is 49.6 Å². The molecule has 8 N–H and O–H groups in total. The molecule has 2 saturated heterocycles. The Kier molecular flexibility index (Phi) is 23.3. The molecule has 3 unspecified atom stereocenters. The molecule has 0 aliphatic carbocycles. The zero-order valence-electron chi connectivity index (χ0n) is 43.2. The molecule has 0 saturated carbocycles. The van der Waals surface area contributed by atoms with Crippen LogP contribution in [-0.2, 0) is 32.7 Å². The number of aromatic nitrogens is 4. The zero-order valence-corrected chi connectivity index (χ0v) is 46.8. The Balaban J connectivity index is 0.000000263. The Labute approximate surface area is 444 Å². The second-order valence-corrected chi connectivity index (χ2v) is 26.4. The molecule has 4 heterocycles. The summed E-state index contributed by atoms with van der Waals surface area (Å²) >= 11 is 5.80. The molecule has 2 fully saturated rings. The lowest BCUT2D eigenvalue weighted by Gasteiger charge is -2.28. The van der Waals surface area contributed by atoms with E-state index in [0.717, 1.165) is 28.3 Å². The van der Waals surface area contributed by atoms with Crippen LogP contribution < -0.4 is 37.1 Å². The van der Waals surface area contributed by atoms with Crippen LogP contribution in [0.3, 0.4) is 0 Å². The number of rotatable bonds is 21. The Morgan fingerprint density at radius 3 is 1.86 bits per heavy atom. The van der Waals surface area contributed by atoms with E-state index in [9.17, 15) is 42.9 Å². The molecule has 0 amide bonds. The average Bonchev–Trinajstić information content (AvgIpc) is 3.72. The molecule has 76 heavy (non-hydrogen) atoms. The highest BCUT2D eigenvalue weighted by atomic mass is 35.7. The number of nitrogen functional groups attached to an aromatic ring is 1. The first kappa shape index (κ1) is 63.8. The second-order valence-electron chi connectivity index (χ2n) is 18.8. The van der Waals surface area contributed by atoms with Gasteiger partial charge in [-0.2, -0.15) is 9.97 Å². The van der Waals surface area contributed by atoms with Gasteiger partial charge in [0, 0.05) is 46.0 Å². The van der Waals surface area contributed by atoms with Gasteiger partial charge in [0.1, 0.15) is 48.4 Å². The number of ether oxygens (including phenoxy) is 2. The van der Waals surface area contributed by atoms with E-state index in [1.54, 1.807) is 87.4 Å². The fraction of sp³-hybridized carbons (Fsp3) is 0.511. The number of benzene rings is 2. The van der Waals surface area contributed by atoms with Gasteiger partial charge in [-0.15, -0.1) is 0 Å². The summed E-state index contributed by atoms with van der Waals surface area (Å²) in [6, 6.07) is 18.6. The minimum absolute atomic E-state index is 0.0377. The van der Waals surface area contributed by atoms with Crippen LogP contribution in [0.25, 0.3) is 0 Å². The largest absolute Gasteiger partial charge is 0.422 e. The summed E-state index contributed by atoms with van der Waals surface area (Å²) in [6.07, 6.45) is -4.45. The maximum absolute atomic E-state index is 15.5. The molecule has 13 atom stereocenters. The number of ketones is 2. The lowest BCUT2D eigenvalue weighted by molar-refractivity contribution is -0.124. The van der Waals surface area contributed by atoms with Crippen LogP contribution in [0.4, 0.5) is 20.4 Å². The molecular weight excluding hydrogens is 1080 g/mol. The first-order valence-electron chi connectivity index (χ1n) is 23.6. The Morgan fingerprint density at radius 2 is 1.38 bits per heavy atom. The molecule has 0 radical (unpaired) electrons. The molecule has 23 nitrogen and oxygen atoms in total. The van der Waals surface area contributed by atoms with Crippen molar-refractivity contribution in [3.8, 4) is 5.75 Å². The van der Waals surface area contributed by atoms with E-state index in [1.807, 2.05) is 19.9 Å². The fourth-order valence-corrected chi connectivity index (χ4v) is 13.9. The highest BCUT2D eigenvalue weighted by Gasteiger charge is 2.56. The van der Waals surface area contributed by atoms with Gasteiger partial charge in [0.05, 0.1) is 31.6 Å². The highest BCUT2D eigenvalue weighted by molar-refractivity contribution is 8.24. The van der Waals surface area contributed by atoms with E-state index < -0.39 is 111 Å². The van der Waals surface area contributed by atoms with Crippen LogP contribution in [-0.4, -0.2) is 144 Å². The molecule has 420 valence electrons. The van der Waals surface area contributed by atoms with E-state index in [4.69, 9.17) is 45.7 Å². The minimum atomic E-state index is -3.70.